The number of likely N-dealkylation sites (tertiary alicyclic amines) is 1. The number of amides is 3. The number of piperidine rings is 1. The summed E-state index contributed by atoms with van der Waals surface area (Å²) >= 11 is 0. The molecular formula is C25H32N4O3. The van der Waals surface area contributed by atoms with E-state index in [4.69, 9.17) is 4.42 Å². The molecule has 1 spiro atoms. The number of aryl methyl sites for hydroxylation is 1. The molecule has 170 valence electrons. The Bertz CT molecular complexity index is 947. The lowest BCUT2D eigenvalue weighted by atomic mass is 9.85. The van der Waals surface area contributed by atoms with E-state index in [1.807, 2.05) is 42.3 Å². The third-order valence-corrected chi connectivity index (χ3v) is 6.60. The quantitative estimate of drug-likeness (QED) is 0.588. The average molecular weight is 437 g/mol. The topological polar surface area (TPSA) is 69.9 Å². The van der Waals surface area contributed by atoms with Crippen LogP contribution in [0.5, 0.6) is 0 Å². The minimum absolute atomic E-state index is 0.0157. The molecule has 0 unspecified atom stereocenters. The van der Waals surface area contributed by atoms with E-state index in [-0.39, 0.29) is 11.9 Å². The first kappa shape index (κ1) is 22.3. The number of furan rings is 1. The van der Waals surface area contributed by atoms with Gasteiger partial charge in [-0.3, -0.25) is 19.6 Å². The molecule has 2 saturated heterocycles. The summed E-state index contributed by atoms with van der Waals surface area (Å²) in [7, 11) is 0. The summed E-state index contributed by atoms with van der Waals surface area (Å²) in [5.74, 6) is 0.838. The van der Waals surface area contributed by atoms with Crippen molar-refractivity contribution in [2.24, 2.45) is 0 Å². The van der Waals surface area contributed by atoms with Gasteiger partial charge in [0.15, 0.2) is 0 Å². The van der Waals surface area contributed by atoms with E-state index in [1.165, 1.54) is 10.5 Å². The first-order chi connectivity index (χ1) is 15.5. The van der Waals surface area contributed by atoms with Crippen molar-refractivity contribution in [3.63, 3.8) is 0 Å². The van der Waals surface area contributed by atoms with Crippen molar-refractivity contribution in [2.45, 2.75) is 45.1 Å². The van der Waals surface area contributed by atoms with E-state index in [0.29, 0.717) is 25.9 Å². The second-order valence-electron chi connectivity index (χ2n) is 8.76. The Morgan fingerprint density at radius 2 is 2.03 bits per heavy atom. The van der Waals surface area contributed by atoms with E-state index in [0.717, 1.165) is 43.8 Å². The molecule has 7 heteroatoms. The average Bonchev–Trinajstić information content (AvgIpc) is 3.37. The fourth-order valence-corrected chi connectivity index (χ4v) is 4.98. The molecule has 4 rings (SSSR count). The number of urea groups is 1. The molecule has 0 N–H and O–H groups in total. The predicted octanol–water partition coefficient (Wildman–Crippen LogP) is 3.83. The molecule has 0 saturated carbocycles. The molecule has 4 heterocycles. The summed E-state index contributed by atoms with van der Waals surface area (Å²) in [6, 6.07) is 7.63. The van der Waals surface area contributed by atoms with Crippen LogP contribution < -0.4 is 0 Å². The van der Waals surface area contributed by atoms with Crippen molar-refractivity contribution in [2.75, 3.05) is 32.7 Å². The number of rotatable bonds is 8. The third kappa shape index (κ3) is 4.48. The van der Waals surface area contributed by atoms with Gasteiger partial charge >= 0.3 is 6.03 Å². The molecule has 2 fully saturated rings. The monoisotopic (exact) mass is 436 g/mol. The second kappa shape index (κ2) is 9.69. The van der Waals surface area contributed by atoms with Gasteiger partial charge in [0.05, 0.1) is 6.26 Å². The fourth-order valence-electron chi connectivity index (χ4n) is 4.98. The SMILES string of the molecule is CCN1C(=O)N(CCCc2cccnc2)C(=O)C12CCN(C/C(C)=C/c1ccco1)CC2. The van der Waals surface area contributed by atoms with E-state index < -0.39 is 5.54 Å². The molecule has 2 aromatic heterocycles. The number of hydrogen-bond donors (Lipinski definition) is 0. The highest BCUT2D eigenvalue weighted by Crippen LogP contribution is 2.37. The Balaban J connectivity index is 1.37. The largest absolute Gasteiger partial charge is 0.465 e. The van der Waals surface area contributed by atoms with Gasteiger partial charge in [-0.15, -0.1) is 0 Å². The molecular weight excluding hydrogens is 404 g/mol. The normalized spacial score (nSPS) is 19.4. The lowest BCUT2D eigenvalue weighted by Gasteiger charge is -2.42. The van der Waals surface area contributed by atoms with Crippen LogP contribution in [-0.4, -0.2) is 69.9 Å². The minimum atomic E-state index is -0.685. The number of nitrogens with zero attached hydrogens (tertiary/aromatic N) is 4. The van der Waals surface area contributed by atoms with Crippen LogP contribution >= 0.6 is 0 Å². The van der Waals surface area contributed by atoms with E-state index in [1.54, 1.807) is 12.5 Å². The third-order valence-electron chi connectivity index (χ3n) is 6.60. The fraction of sp³-hybridized carbons (Fsp3) is 0.480. The van der Waals surface area contributed by atoms with E-state index in [9.17, 15) is 9.59 Å². The Hall–Kier alpha value is -2.93. The van der Waals surface area contributed by atoms with E-state index in [2.05, 4.69) is 22.9 Å². The standard InChI is InChI=1S/C25H32N4O3/c1-3-29-24(31)28(13-5-8-21-7-4-12-26-18-21)23(30)25(29)10-14-27(15-11-25)19-20(2)17-22-9-6-16-32-22/h4,6-7,9,12,16-18H,3,5,8,10-11,13-15,19H2,1-2H3/b20-17+. The predicted molar refractivity (Wildman–Crippen MR) is 123 cm³/mol. The Labute approximate surface area is 189 Å². The van der Waals surface area contributed by atoms with Crippen molar-refractivity contribution in [1.82, 2.24) is 19.7 Å². The molecule has 32 heavy (non-hydrogen) atoms. The van der Waals surface area contributed by atoms with Crippen LogP contribution in [0, 0.1) is 0 Å². The molecule has 7 nitrogen and oxygen atoms in total. The van der Waals surface area contributed by atoms with Gasteiger partial charge in [-0.25, -0.2) is 4.79 Å². The van der Waals surface area contributed by atoms with Gasteiger partial charge in [0.2, 0.25) is 0 Å². The zero-order valence-electron chi connectivity index (χ0n) is 19.0. The first-order valence-corrected chi connectivity index (χ1v) is 11.5. The molecule has 0 aliphatic carbocycles. The molecule has 2 aliphatic heterocycles. The number of carbonyl (C=O) groups excluding carboxylic acids is 2. The number of pyridine rings is 1. The lowest BCUT2D eigenvalue weighted by molar-refractivity contribution is -0.135. The van der Waals surface area contributed by atoms with E-state index >= 15 is 0 Å². The van der Waals surface area contributed by atoms with Crippen molar-refractivity contribution in [3.8, 4) is 0 Å². The summed E-state index contributed by atoms with van der Waals surface area (Å²) in [6.07, 6.45) is 10.2. The van der Waals surface area contributed by atoms with Crippen molar-refractivity contribution >= 4 is 18.0 Å². The van der Waals surface area contributed by atoms with Gasteiger partial charge < -0.3 is 9.32 Å². The van der Waals surface area contributed by atoms with Gasteiger partial charge in [-0.05, 0) is 69.4 Å². The maximum atomic E-state index is 13.5. The van der Waals surface area contributed by atoms with Crippen LogP contribution in [0.1, 0.15) is 44.4 Å². The number of aromatic nitrogens is 1. The minimum Gasteiger partial charge on any atom is -0.465 e. The van der Waals surface area contributed by atoms with Crippen LogP contribution in [0.25, 0.3) is 6.08 Å². The highest BCUT2D eigenvalue weighted by atomic mass is 16.3. The van der Waals surface area contributed by atoms with Crippen LogP contribution in [0.2, 0.25) is 0 Å². The van der Waals surface area contributed by atoms with Crippen LogP contribution in [0.4, 0.5) is 4.79 Å². The number of imide groups is 1. The summed E-state index contributed by atoms with van der Waals surface area (Å²) in [5, 5.41) is 0. The molecule has 0 atom stereocenters. The number of likely N-dealkylation sites (N-methyl/N-ethyl adjacent to an activating group) is 1. The van der Waals surface area contributed by atoms with Gasteiger partial charge in [-0.1, -0.05) is 11.6 Å². The van der Waals surface area contributed by atoms with Crippen molar-refractivity contribution < 1.29 is 14.0 Å². The Morgan fingerprint density at radius 1 is 1.22 bits per heavy atom. The van der Waals surface area contributed by atoms with Crippen LogP contribution in [0.3, 0.4) is 0 Å². The maximum absolute atomic E-state index is 13.5. The van der Waals surface area contributed by atoms with Crippen molar-refractivity contribution in [3.05, 3.63) is 59.8 Å². The lowest BCUT2D eigenvalue weighted by Crippen LogP contribution is -2.56. The number of hydrogen-bond acceptors (Lipinski definition) is 5. The van der Waals surface area contributed by atoms with Gasteiger partial charge in [0.1, 0.15) is 11.3 Å². The molecule has 0 aromatic carbocycles. The summed E-state index contributed by atoms with van der Waals surface area (Å²) in [5.41, 5.74) is 1.66. The zero-order valence-corrected chi connectivity index (χ0v) is 19.0. The highest BCUT2D eigenvalue weighted by Gasteiger charge is 2.57. The number of carbonyl (C=O) groups is 2. The second-order valence-corrected chi connectivity index (χ2v) is 8.76. The molecule has 0 bridgehead atoms. The first-order valence-electron chi connectivity index (χ1n) is 11.5. The smallest absolute Gasteiger partial charge is 0.327 e. The molecule has 2 aromatic rings. The molecule has 0 radical (unpaired) electrons. The van der Waals surface area contributed by atoms with Crippen LogP contribution in [0.15, 0.2) is 52.9 Å². The summed E-state index contributed by atoms with van der Waals surface area (Å²) in [4.78, 5) is 36.3. The summed E-state index contributed by atoms with van der Waals surface area (Å²) < 4.78 is 5.40. The molecule has 2 aliphatic rings. The Morgan fingerprint density at radius 3 is 2.69 bits per heavy atom. The van der Waals surface area contributed by atoms with Crippen molar-refractivity contribution in [1.29, 1.82) is 0 Å². The maximum Gasteiger partial charge on any atom is 0.327 e. The zero-order chi connectivity index (χ0) is 22.6. The molecule has 3 amide bonds. The van der Waals surface area contributed by atoms with Gasteiger partial charge in [0, 0.05) is 45.1 Å². The summed E-state index contributed by atoms with van der Waals surface area (Å²) in [6.45, 7) is 7.50. The van der Waals surface area contributed by atoms with Crippen LogP contribution in [-0.2, 0) is 11.2 Å². The highest BCUT2D eigenvalue weighted by molar-refractivity contribution is 6.07. The Kier molecular flexibility index (Phi) is 6.74. The van der Waals surface area contributed by atoms with Gasteiger partial charge in [-0.2, -0.15) is 0 Å². The van der Waals surface area contributed by atoms with Gasteiger partial charge in [0.25, 0.3) is 5.91 Å².